The smallest absolute Gasteiger partial charge is 0.0646 e. The highest BCUT2D eigenvalue weighted by atomic mass is 15.2. The van der Waals surface area contributed by atoms with Gasteiger partial charge in [0.2, 0.25) is 0 Å². The third kappa shape index (κ3) is 6.12. The summed E-state index contributed by atoms with van der Waals surface area (Å²) >= 11 is 0. The predicted octanol–water partition coefficient (Wildman–Crippen LogP) is 14.0. The molecule has 0 heterocycles. The summed E-state index contributed by atoms with van der Waals surface area (Å²) in [7, 11) is 0. The molecule has 0 radical (unpaired) electrons. The first-order valence-corrected chi connectivity index (χ1v) is 17.9. The monoisotopic (exact) mass is 660 g/mol. The maximum atomic E-state index is 2.49. The normalized spacial score (nSPS) is 12.0. The molecule has 0 saturated heterocycles. The van der Waals surface area contributed by atoms with E-state index in [2.05, 4.69) is 220 Å². The van der Waals surface area contributed by atoms with Gasteiger partial charge in [-0.15, -0.1) is 0 Å². The third-order valence-electron chi connectivity index (χ3n) is 10.4. The van der Waals surface area contributed by atoms with E-state index in [1.165, 1.54) is 43.4 Å². The number of anilines is 5. The van der Waals surface area contributed by atoms with Crippen LogP contribution < -0.4 is 9.80 Å². The molecule has 0 unspecified atom stereocenters. The molecular weight excluding hydrogens is 617 g/mol. The van der Waals surface area contributed by atoms with Gasteiger partial charge < -0.3 is 9.80 Å². The summed E-state index contributed by atoms with van der Waals surface area (Å²) in [6, 6.07) is 64.4. The molecule has 0 spiro atoms. The fraction of sp³-hybridized carbons (Fsp3) is 0.143. The van der Waals surface area contributed by atoms with E-state index < -0.39 is 0 Å². The Kier molecular flexibility index (Phi) is 8.11. The molecule has 2 nitrogen and oxygen atoms in total. The Morgan fingerprint density at radius 1 is 0.353 bits per heavy atom. The zero-order valence-corrected chi connectivity index (χ0v) is 30.1. The van der Waals surface area contributed by atoms with Crippen molar-refractivity contribution in [2.75, 3.05) is 9.80 Å². The summed E-state index contributed by atoms with van der Waals surface area (Å²) in [6.07, 6.45) is 0. The molecule has 0 aliphatic rings. The molecule has 0 fully saturated rings. The van der Waals surface area contributed by atoms with Crippen LogP contribution in [0.25, 0.3) is 32.3 Å². The summed E-state index contributed by atoms with van der Waals surface area (Å²) in [5.41, 5.74) is 8.03. The molecular formula is C49H44N2. The van der Waals surface area contributed by atoms with Gasteiger partial charge >= 0.3 is 0 Å². The minimum absolute atomic E-state index is 0.0948. The van der Waals surface area contributed by atoms with Gasteiger partial charge in [0.05, 0.1) is 11.2 Å². The van der Waals surface area contributed by atoms with E-state index in [1.54, 1.807) is 0 Å². The van der Waals surface area contributed by atoms with Gasteiger partial charge in [0.15, 0.2) is 0 Å². The van der Waals surface area contributed by atoms with Crippen LogP contribution in [-0.2, 0) is 11.0 Å². The van der Waals surface area contributed by atoms with E-state index in [4.69, 9.17) is 0 Å². The lowest BCUT2D eigenvalue weighted by Crippen LogP contribution is -2.38. The van der Waals surface area contributed by atoms with Crippen LogP contribution in [0.5, 0.6) is 0 Å². The second kappa shape index (κ2) is 12.8. The maximum absolute atomic E-state index is 2.49. The lowest BCUT2D eigenvalue weighted by molar-refractivity contribution is 0.533. The SMILES string of the molecule is CC(C)(C)c1ccc(C(C)(C)N(c2ccc(N(c3ccc4ccccc4c3)c3cccc4ccccc34)cc2)c2ccc3ccccc3c2)cc1. The van der Waals surface area contributed by atoms with Gasteiger partial charge in [-0.25, -0.2) is 0 Å². The largest absolute Gasteiger partial charge is 0.332 e. The second-order valence-electron chi connectivity index (χ2n) is 15.1. The highest BCUT2D eigenvalue weighted by Gasteiger charge is 2.31. The molecule has 0 aliphatic carbocycles. The Hall–Kier alpha value is -5.86. The molecule has 0 atom stereocenters. The first kappa shape index (κ1) is 32.4. The van der Waals surface area contributed by atoms with E-state index in [1.807, 2.05) is 0 Å². The van der Waals surface area contributed by atoms with E-state index in [-0.39, 0.29) is 11.0 Å². The van der Waals surface area contributed by atoms with Crippen LogP contribution in [0, 0.1) is 0 Å². The second-order valence-corrected chi connectivity index (χ2v) is 15.1. The molecule has 0 amide bonds. The van der Waals surface area contributed by atoms with Crippen molar-refractivity contribution in [2.45, 2.75) is 45.6 Å². The molecule has 0 saturated carbocycles. The van der Waals surface area contributed by atoms with Crippen LogP contribution in [0.1, 0.15) is 45.7 Å². The van der Waals surface area contributed by atoms with Gasteiger partial charge in [-0.05, 0) is 112 Å². The third-order valence-corrected chi connectivity index (χ3v) is 10.4. The van der Waals surface area contributed by atoms with E-state index >= 15 is 0 Å². The number of benzene rings is 8. The van der Waals surface area contributed by atoms with Crippen molar-refractivity contribution in [1.29, 1.82) is 0 Å². The summed E-state index contributed by atoms with van der Waals surface area (Å²) in [4.78, 5) is 4.89. The van der Waals surface area contributed by atoms with E-state index in [0.717, 1.165) is 28.4 Å². The Morgan fingerprint density at radius 2 is 0.824 bits per heavy atom. The Balaban J connectivity index is 1.27. The fourth-order valence-electron chi connectivity index (χ4n) is 7.51. The van der Waals surface area contributed by atoms with Crippen molar-refractivity contribution in [3.63, 3.8) is 0 Å². The van der Waals surface area contributed by atoms with Gasteiger partial charge in [-0.1, -0.05) is 142 Å². The van der Waals surface area contributed by atoms with Gasteiger partial charge in [0.1, 0.15) is 0 Å². The van der Waals surface area contributed by atoms with Crippen molar-refractivity contribution >= 4 is 60.8 Å². The van der Waals surface area contributed by atoms with Crippen molar-refractivity contribution in [3.8, 4) is 0 Å². The van der Waals surface area contributed by atoms with Crippen LogP contribution in [0.3, 0.4) is 0 Å². The Morgan fingerprint density at radius 3 is 1.45 bits per heavy atom. The lowest BCUT2D eigenvalue weighted by Gasteiger charge is -2.41. The highest BCUT2D eigenvalue weighted by molar-refractivity contribution is 6.00. The summed E-state index contributed by atoms with van der Waals surface area (Å²) in [5.74, 6) is 0. The van der Waals surface area contributed by atoms with Gasteiger partial charge in [-0.3, -0.25) is 0 Å². The molecule has 51 heavy (non-hydrogen) atoms. The molecule has 0 aliphatic heterocycles. The van der Waals surface area contributed by atoms with Crippen LogP contribution in [0.15, 0.2) is 176 Å². The maximum Gasteiger partial charge on any atom is 0.0646 e. The molecule has 8 aromatic carbocycles. The fourth-order valence-corrected chi connectivity index (χ4v) is 7.51. The Bertz CT molecular complexity index is 2480. The summed E-state index contributed by atoms with van der Waals surface area (Å²) < 4.78 is 0. The average Bonchev–Trinajstić information content (AvgIpc) is 3.15. The van der Waals surface area contributed by atoms with Gasteiger partial charge in [0.25, 0.3) is 0 Å². The minimum atomic E-state index is -0.353. The van der Waals surface area contributed by atoms with Gasteiger partial charge in [0, 0.05) is 28.1 Å². The lowest BCUT2D eigenvalue weighted by atomic mass is 9.84. The quantitative estimate of drug-likeness (QED) is 0.168. The first-order valence-electron chi connectivity index (χ1n) is 17.9. The zero-order valence-electron chi connectivity index (χ0n) is 30.1. The average molecular weight is 661 g/mol. The topological polar surface area (TPSA) is 6.48 Å². The molecule has 250 valence electrons. The number of fused-ring (bicyclic) bond motifs is 3. The minimum Gasteiger partial charge on any atom is -0.332 e. The van der Waals surface area contributed by atoms with Crippen molar-refractivity contribution in [3.05, 3.63) is 187 Å². The van der Waals surface area contributed by atoms with Crippen LogP contribution in [-0.4, -0.2) is 0 Å². The number of hydrogen-bond donors (Lipinski definition) is 0. The molecule has 2 heteroatoms. The number of rotatable bonds is 7. The number of nitrogens with zero attached hydrogens (tertiary/aromatic N) is 2. The van der Waals surface area contributed by atoms with Crippen molar-refractivity contribution in [1.82, 2.24) is 0 Å². The van der Waals surface area contributed by atoms with E-state index in [9.17, 15) is 0 Å². The molecule has 8 aromatic rings. The predicted molar refractivity (Wildman–Crippen MR) is 220 cm³/mol. The summed E-state index contributed by atoms with van der Waals surface area (Å²) in [5, 5.41) is 7.37. The van der Waals surface area contributed by atoms with Crippen LogP contribution in [0.2, 0.25) is 0 Å². The first-order chi connectivity index (χ1) is 24.7. The standard InChI is InChI=1S/C49H44N2/c1-48(2,3)40-23-25-41(26-24-40)49(4,5)51(45-28-22-36-14-7-9-17-39(36)34-45)43-31-29-42(30-32-43)50(44-27-21-35-13-6-8-16-38(35)33-44)47-20-12-18-37-15-10-11-19-46(37)47/h6-34H,1-5H3. The Labute approximate surface area is 302 Å². The van der Waals surface area contributed by atoms with Crippen LogP contribution in [0.4, 0.5) is 28.4 Å². The van der Waals surface area contributed by atoms with Gasteiger partial charge in [-0.2, -0.15) is 0 Å². The highest BCUT2D eigenvalue weighted by Crippen LogP contribution is 2.44. The van der Waals surface area contributed by atoms with Crippen molar-refractivity contribution < 1.29 is 0 Å². The van der Waals surface area contributed by atoms with Crippen molar-refractivity contribution in [2.24, 2.45) is 0 Å². The molecule has 0 aromatic heterocycles. The summed E-state index contributed by atoms with van der Waals surface area (Å²) in [6.45, 7) is 11.5. The molecule has 0 bridgehead atoms. The van der Waals surface area contributed by atoms with Crippen LogP contribution >= 0.6 is 0 Å². The number of hydrogen-bond acceptors (Lipinski definition) is 2. The zero-order chi connectivity index (χ0) is 35.2. The molecule has 8 rings (SSSR count). The molecule has 0 N–H and O–H groups in total. The van der Waals surface area contributed by atoms with E-state index in [0.29, 0.717) is 0 Å².